The lowest BCUT2D eigenvalue weighted by atomic mass is 9.94. The largest absolute Gasteiger partial charge is 0.476 e. The zero-order valence-corrected chi connectivity index (χ0v) is 29.3. The van der Waals surface area contributed by atoms with Crippen molar-refractivity contribution in [2.24, 2.45) is 5.41 Å². The summed E-state index contributed by atoms with van der Waals surface area (Å²) < 4.78 is 76.7. The second-order valence-electron chi connectivity index (χ2n) is 12.8. The molecule has 1 aliphatic rings. The van der Waals surface area contributed by atoms with Crippen molar-refractivity contribution in [3.05, 3.63) is 66.5 Å². The molecule has 0 radical (unpaired) electrons. The highest BCUT2D eigenvalue weighted by Gasteiger charge is 2.48. The van der Waals surface area contributed by atoms with Gasteiger partial charge < -0.3 is 14.4 Å². The number of benzene rings is 1. The van der Waals surface area contributed by atoms with Gasteiger partial charge in [-0.15, -0.1) is 5.10 Å². The van der Waals surface area contributed by atoms with E-state index in [9.17, 15) is 22.0 Å². The van der Waals surface area contributed by atoms with E-state index >= 15 is 0 Å². The van der Waals surface area contributed by atoms with E-state index in [4.69, 9.17) is 19.7 Å². The van der Waals surface area contributed by atoms with Gasteiger partial charge in [0.2, 0.25) is 5.88 Å². The number of aryl methyl sites for hydroxylation is 1. The first kappa shape index (κ1) is 37.3. The van der Waals surface area contributed by atoms with Crippen molar-refractivity contribution >= 4 is 23.6 Å². The van der Waals surface area contributed by atoms with Gasteiger partial charge in [0.15, 0.2) is 11.6 Å². The fraction of sp³-hybridized carbons (Fsp3) is 0.486. The number of alkyl halides is 5. The first-order chi connectivity index (χ1) is 23.9. The van der Waals surface area contributed by atoms with E-state index in [-0.39, 0.29) is 12.4 Å². The molecular weight excluding hydrogens is 675 g/mol. The lowest BCUT2D eigenvalue weighted by molar-refractivity contribution is -0.219. The van der Waals surface area contributed by atoms with Crippen LogP contribution in [0.1, 0.15) is 52.0 Å². The summed E-state index contributed by atoms with van der Waals surface area (Å²) in [7, 11) is 0. The molecule has 0 aliphatic carbocycles. The predicted molar refractivity (Wildman–Crippen MR) is 186 cm³/mol. The highest BCUT2D eigenvalue weighted by molar-refractivity contribution is 8.00. The molecule has 3 aromatic heterocycles. The molecule has 1 aromatic carbocycles. The van der Waals surface area contributed by atoms with Gasteiger partial charge in [0, 0.05) is 49.4 Å². The van der Waals surface area contributed by atoms with E-state index in [1.54, 1.807) is 17.3 Å². The predicted octanol–water partition coefficient (Wildman–Crippen LogP) is 8.32. The molecule has 9 nitrogen and oxygen atoms in total. The molecule has 0 saturated heterocycles. The molecule has 0 amide bonds. The fourth-order valence-corrected chi connectivity index (χ4v) is 6.07. The van der Waals surface area contributed by atoms with Gasteiger partial charge in [-0.2, -0.15) is 13.2 Å². The van der Waals surface area contributed by atoms with E-state index in [0.29, 0.717) is 42.0 Å². The molecule has 5 rings (SSSR count). The molecular formula is C35H43F5N8OS. The highest BCUT2D eigenvalue weighted by Crippen LogP contribution is 2.38. The Labute approximate surface area is 293 Å². The van der Waals surface area contributed by atoms with Crippen LogP contribution in [0.3, 0.4) is 0 Å². The third-order valence-electron chi connectivity index (χ3n) is 8.60. The highest BCUT2D eigenvalue weighted by atomic mass is 32.2. The Morgan fingerprint density at radius 2 is 1.80 bits per heavy atom. The zero-order valence-electron chi connectivity index (χ0n) is 28.5. The Morgan fingerprint density at radius 1 is 1.00 bits per heavy atom. The SMILES string of the molecule is CCN(CCN1CCCCCCc2ccccc2-c2nc(cnc2-n2ccc(OCC(C)(C)C(F)(F)F)n2)NSc2cccc1n2)CC(F)F. The summed E-state index contributed by atoms with van der Waals surface area (Å²) in [5.74, 6) is 1.69. The summed E-state index contributed by atoms with van der Waals surface area (Å²) >= 11 is 1.27. The van der Waals surface area contributed by atoms with E-state index in [1.165, 1.54) is 22.7 Å². The van der Waals surface area contributed by atoms with Crippen molar-refractivity contribution in [1.29, 1.82) is 0 Å². The molecule has 1 aliphatic heterocycles. The standard InChI is InChI=1S/C35H43F5N8OS/c1-4-46(23-27(36)37)20-21-47-18-10-6-5-7-12-25-13-8-9-14-26(25)32-33(41-22-28(42-32)45-50-31-16-11-15-29(47)43-31)48-19-17-30(44-48)49-24-34(2,3)35(38,39)40/h8-9,11,13-17,19,22,27H,4-7,10,12,18,20-21,23-24H2,1-3H3,(H,42,45). The van der Waals surface area contributed by atoms with Gasteiger partial charge in [-0.3, -0.25) is 4.90 Å². The molecule has 270 valence electrons. The maximum atomic E-state index is 13.4. The van der Waals surface area contributed by atoms with E-state index in [2.05, 4.69) is 20.8 Å². The number of pyridine rings is 1. The van der Waals surface area contributed by atoms with Crippen LogP contribution in [-0.2, 0) is 6.42 Å². The molecule has 1 N–H and O–H groups in total. The Balaban J connectivity index is 1.42. The fourth-order valence-electron chi connectivity index (χ4n) is 5.48. The quantitative estimate of drug-likeness (QED) is 0.129. The van der Waals surface area contributed by atoms with Crippen LogP contribution >= 0.6 is 11.9 Å². The summed E-state index contributed by atoms with van der Waals surface area (Å²) in [6, 6.07) is 15.2. The lowest BCUT2D eigenvalue weighted by Gasteiger charge is -2.28. The second kappa shape index (κ2) is 16.8. The molecule has 4 aromatic rings. The third kappa shape index (κ3) is 9.83. The molecule has 0 spiro atoms. The number of aromatic nitrogens is 5. The normalized spacial score (nSPS) is 14.7. The third-order valence-corrected chi connectivity index (χ3v) is 9.35. The zero-order chi connectivity index (χ0) is 35.7. The van der Waals surface area contributed by atoms with E-state index < -0.39 is 24.6 Å². The first-order valence-corrected chi connectivity index (χ1v) is 17.6. The number of likely N-dealkylation sites (N-methyl/N-ethyl adjacent to an activating group) is 1. The minimum absolute atomic E-state index is 0.0445. The lowest BCUT2D eigenvalue weighted by Crippen LogP contribution is -2.38. The Bertz CT molecular complexity index is 1680. The van der Waals surface area contributed by atoms with Crippen molar-refractivity contribution in [3.8, 4) is 23.0 Å². The van der Waals surface area contributed by atoms with Gasteiger partial charge in [0.25, 0.3) is 6.43 Å². The summed E-state index contributed by atoms with van der Waals surface area (Å²) in [4.78, 5) is 18.5. The van der Waals surface area contributed by atoms with Crippen LogP contribution < -0.4 is 14.4 Å². The number of hydrogen-bond donors (Lipinski definition) is 1. The Hall–Kier alpha value is -3.98. The molecule has 0 atom stereocenters. The van der Waals surface area contributed by atoms with Gasteiger partial charge in [-0.1, -0.05) is 50.1 Å². The van der Waals surface area contributed by atoms with Crippen LogP contribution in [0.4, 0.5) is 33.6 Å². The Kier molecular flexibility index (Phi) is 12.5. The number of anilines is 2. The number of nitrogens with zero attached hydrogens (tertiary/aromatic N) is 7. The molecule has 4 bridgehead atoms. The van der Waals surface area contributed by atoms with Crippen molar-refractivity contribution in [2.45, 2.75) is 70.5 Å². The van der Waals surface area contributed by atoms with Crippen LogP contribution in [0.25, 0.3) is 17.1 Å². The van der Waals surface area contributed by atoms with Gasteiger partial charge in [0.1, 0.15) is 23.1 Å². The van der Waals surface area contributed by atoms with E-state index in [0.717, 1.165) is 69.4 Å². The second-order valence-corrected chi connectivity index (χ2v) is 13.7. The number of fused-ring (bicyclic) bond motifs is 6. The van der Waals surface area contributed by atoms with Crippen molar-refractivity contribution in [2.75, 3.05) is 49.0 Å². The summed E-state index contributed by atoms with van der Waals surface area (Å²) in [5, 5.41) is 5.10. The van der Waals surface area contributed by atoms with Crippen LogP contribution in [0.5, 0.6) is 5.88 Å². The molecule has 0 saturated carbocycles. The maximum Gasteiger partial charge on any atom is 0.397 e. The summed E-state index contributed by atoms with van der Waals surface area (Å²) in [6.45, 7) is 5.62. The molecule has 0 fully saturated rings. The topological polar surface area (TPSA) is 84.2 Å². The number of rotatable bonds is 10. The van der Waals surface area contributed by atoms with Crippen LogP contribution in [0.2, 0.25) is 0 Å². The van der Waals surface area contributed by atoms with Crippen molar-refractivity contribution in [1.82, 2.24) is 29.6 Å². The molecule has 15 heteroatoms. The van der Waals surface area contributed by atoms with Gasteiger partial charge in [0.05, 0.1) is 18.2 Å². The van der Waals surface area contributed by atoms with Crippen molar-refractivity contribution in [3.63, 3.8) is 0 Å². The number of hydrogen-bond acceptors (Lipinski definition) is 9. The van der Waals surface area contributed by atoms with Gasteiger partial charge >= 0.3 is 6.18 Å². The summed E-state index contributed by atoms with van der Waals surface area (Å²) in [6.07, 6.45) is 1.00. The van der Waals surface area contributed by atoms with E-state index in [1.807, 2.05) is 43.3 Å². The smallest absolute Gasteiger partial charge is 0.397 e. The maximum absolute atomic E-state index is 13.4. The first-order valence-electron chi connectivity index (χ1n) is 16.8. The molecule has 0 unspecified atom stereocenters. The van der Waals surface area contributed by atoms with Gasteiger partial charge in [-0.05, 0) is 57.4 Å². The van der Waals surface area contributed by atoms with Gasteiger partial charge in [-0.25, -0.2) is 28.4 Å². The number of ether oxygens (including phenoxy) is 1. The number of halogens is 5. The van der Waals surface area contributed by atoms with Crippen molar-refractivity contribution < 1.29 is 26.7 Å². The molecule has 50 heavy (non-hydrogen) atoms. The summed E-state index contributed by atoms with van der Waals surface area (Å²) in [5.41, 5.74) is 0.462. The number of nitrogens with one attached hydrogen (secondary N) is 1. The Morgan fingerprint density at radius 3 is 2.58 bits per heavy atom. The van der Waals surface area contributed by atoms with Crippen LogP contribution in [0, 0.1) is 5.41 Å². The van der Waals surface area contributed by atoms with Crippen LogP contribution in [0.15, 0.2) is 66.0 Å². The average molecular weight is 719 g/mol. The monoisotopic (exact) mass is 718 g/mol. The van der Waals surface area contributed by atoms with Crippen LogP contribution in [-0.4, -0.2) is 81.6 Å². The average Bonchev–Trinajstić information content (AvgIpc) is 3.57. The minimum atomic E-state index is -4.43. The molecule has 4 heterocycles. The minimum Gasteiger partial charge on any atom is -0.476 e.